The molecule has 0 aliphatic rings. The van der Waals surface area contributed by atoms with Crippen LogP contribution in [0.4, 0.5) is 0 Å². The molecule has 3 nitrogen and oxygen atoms in total. The van der Waals surface area contributed by atoms with Gasteiger partial charge in [0.1, 0.15) is 0 Å². The molecule has 1 aromatic heterocycles. The summed E-state index contributed by atoms with van der Waals surface area (Å²) >= 11 is 0. The van der Waals surface area contributed by atoms with Gasteiger partial charge in [0.25, 0.3) is 0 Å². The van der Waals surface area contributed by atoms with E-state index in [4.69, 9.17) is 5.10 Å². The molecule has 1 rings (SSSR count). The average Bonchev–Trinajstić information content (AvgIpc) is 2.56. The maximum Gasteiger partial charge on any atom is 0.0629 e. The summed E-state index contributed by atoms with van der Waals surface area (Å²) in [6.45, 7) is 15.4. The van der Waals surface area contributed by atoms with Gasteiger partial charge >= 0.3 is 0 Å². The Balaban J connectivity index is 2.79. The number of rotatable bonds is 7. The van der Waals surface area contributed by atoms with Crippen LogP contribution in [0.5, 0.6) is 0 Å². The number of nitrogens with zero attached hydrogens (tertiary/aromatic N) is 2. The van der Waals surface area contributed by atoms with Gasteiger partial charge in [0.05, 0.1) is 5.69 Å². The molecule has 0 fully saturated rings. The minimum atomic E-state index is 0.497. The second-order valence-corrected chi connectivity index (χ2v) is 5.68. The van der Waals surface area contributed by atoms with Gasteiger partial charge in [-0.25, -0.2) is 0 Å². The fourth-order valence-corrected chi connectivity index (χ4v) is 2.66. The van der Waals surface area contributed by atoms with Crippen LogP contribution in [-0.2, 0) is 6.42 Å². The Hall–Kier alpha value is -0.830. The summed E-state index contributed by atoms with van der Waals surface area (Å²) in [5.74, 6) is 0.717. The topological polar surface area (TPSA) is 29.9 Å². The third-order valence-electron chi connectivity index (χ3n) is 3.51. The second-order valence-electron chi connectivity index (χ2n) is 5.68. The summed E-state index contributed by atoms with van der Waals surface area (Å²) in [7, 11) is 0. The molecule has 3 heteroatoms. The Morgan fingerprint density at radius 3 is 2.44 bits per heavy atom. The largest absolute Gasteiger partial charge is 0.317 e. The van der Waals surface area contributed by atoms with E-state index in [1.165, 1.54) is 23.4 Å². The molecular formula is C15H29N3. The third-order valence-corrected chi connectivity index (χ3v) is 3.51. The molecule has 0 spiro atoms. The average molecular weight is 251 g/mol. The first kappa shape index (κ1) is 15.2. The molecular weight excluding hydrogens is 222 g/mol. The predicted molar refractivity (Wildman–Crippen MR) is 78.1 cm³/mol. The number of nitrogens with one attached hydrogen (secondary N) is 1. The van der Waals surface area contributed by atoms with Crippen molar-refractivity contribution in [1.82, 2.24) is 15.1 Å². The van der Waals surface area contributed by atoms with Crippen molar-refractivity contribution in [2.75, 3.05) is 13.1 Å². The highest BCUT2D eigenvalue weighted by atomic mass is 15.3. The van der Waals surface area contributed by atoms with Crippen molar-refractivity contribution in [3.05, 3.63) is 17.0 Å². The van der Waals surface area contributed by atoms with Gasteiger partial charge in [-0.2, -0.15) is 5.10 Å². The maximum absolute atomic E-state index is 4.73. The lowest BCUT2D eigenvalue weighted by Gasteiger charge is -2.16. The zero-order valence-electron chi connectivity index (χ0n) is 12.9. The molecule has 0 amide bonds. The van der Waals surface area contributed by atoms with Crippen LogP contribution in [-0.4, -0.2) is 22.9 Å². The molecule has 104 valence electrons. The Kier molecular flexibility index (Phi) is 5.86. The highest BCUT2D eigenvalue weighted by Crippen LogP contribution is 2.22. The zero-order chi connectivity index (χ0) is 13.7. The van der Waals surface area contributed by atoms with Gasteiger partial charge in [-0.05, 0) is 58.2 Å². The van der Waals surface area contributed by atoms with Crippen molar-refractivity contribution in [3.8, 4) is 0 Å². The standard InChI is InChI=1S/C15H29N3/c1-7-16-9-8-15-13(5)17-18(14(15)6)12(4)10-11(2)3/h11-12,16H,7-10H2,1-6H3. The van der Waals surface area contributed by atoms with Crippen molar-refractivity contribution in [1.29, 1.82) is 0 Å². The van der Waals surface area contributed by atoms with E-state index in [1.807, 2.05) is 0 Å². The van der Waals surface area contributed by atoms with Gasteiger partial charge in [-0.3, -0.25) is 4.68 Å². The minimum Gasteiger partial charge on any atom is -0.317 e. The molecule has 1 unspecified atom stereocenters. The highest BCUT2D eigenvalue weighted by molar-refractivity contribution is 5.25. The molecule has 1 atom stereocenters. The summed E-state index contributed by atoms with van der Waals surface area (Å²) in [4.78, 5) is 0. The van der Waals surface area contributed by atoms with Gasteiger partial charge in [-0.15, -0.1) is 0 Å². The molecule has 1 heterocycles. The fourth-order valence-electron chi connectivity index (χ4n) is 2.66. The van der Waals surface area contributed by atoms with E-state index in [0.717, 1.165) is 19.5 Å². The van der Waals surface area contributed by atoms with E-state index in [-0.39, 0.29) is 0 Å². The van der Waals surface area contributed by atoms with Crippen molar-refractivity contribution in [2.45, 2.75) is 60.4 Å². The van der Waals surface area contributed by atoms with Crippen LogP contribution in [0.3, 0.4) is 0 Å². The Morgan fingerprint density at radius 2 is 1.89 bits per heavy atom. The van der Waals surface area contributed by atoms with Crippen molar-refractivity contribution < 1.29 is 0 Å². The smallest absolute Gasteiger partial charge is 0.0629 e. The van der Waals surface area contributed by atoms with Crippen LogP contribution in [0.15, 0.2) is 0 Å². The van der Waals surface area contributed by atoms with Crippen molar-refractivity contribution in [3.63, 3.8) is 0 Å². The molecule has 1 N–H and O–H groups in total. The van der Waals surface area contributed by atoms with Crippen LogP contribution < -0.4 is 5.32 Å². The number of likely N-dealkylation sites (N-methyl/N-ethyl adjacent to an activating group) is 1. The van der Waals surface area contributed by atoms with Crippen LogP contribution in [0.1, 0.15) is 57.1 Å². The monoisotopic (exact) mass is 251 g/mol. The van der Waals surface area contributed by atoms with Gasteiger partial charge in [0.2, 0.25) is 0 Å². The Labute approximate surface area is 112 Å². The van der Waals surface area contributed by atoms with Gasteiger partial charge in [-0.1, -0.05) is 20.8 Å². The fraction of sp³-hybridized carbons (Fsp3) is 0.800. The number of aromatic nitrogens is 2. The minimum absolute atomic E-state index is 0.497. The molecule has 0 aliphatic heterocycles. The molecule has 1 aromatic rings. The van der Waals surface area contributed by atoms with Crippen molar-refractivity contribution in [2.24, 2.45) is 5.92 Å². The van der Waals surface area contributed by atoms with Gasteiger partial charge in [0, 0.05) is 11.7 Å². The summed E-state index contributed by atoms with van der Waals surface area (Å²) in [5, 5.41) is 8.12. The van der Waals surface area contributed by atoms with E-state index >= 15 is 0 Å². The summed E-state index contributed by atoms with van der Waals surface area (Å²) in [6.07, 6.45) is 2.27. The quantitative estimate of drug-likeness (QED) is 0.754. The second kappa shape index (κ2) is 6.93. The maximum atomic E-state index is 4.73. The lowest BCUT2D eigenvalue weighted by Crippen LogP contribution is -2.17. The van der Waals surface area contributed by atoms with Crippen molar-refractivity contribution >= 4 is 0 Å². The molecule has 0 saturated carbocycles. The molecule has 0 radical (unpaired) electrons. The molecule has 0 aliphatic carbocycles. The lowest BCUT2D eigenvalue weighted by molar-refractivity contribution is 0.390. The van der Waals surface area contributed by atoms with Gasteiger partial charge < -0.3 is 5.32 Å². The molecule has 0 bridgehead atoms. The van der Waals surface area contributed by atoms with E-state index in [2.05, 4.69) is 51.5 Å². The first-order valence-corrected chi connectivity index (χ1v) is 7.22. The Bertz CT molecular complexity index is 366. The number of aryl methyl sites for hydroxylation is 1. The summed E-state index contributed by atoms with van der Waals surface area (Å²) in [5.41, 5.74) is 3.96. The van der Waals surface area contributed by atoms with Crippen LogP contribution in [0, 0.1) is 19.8 Å². The number of hydrogen-bond acceptors (Lipinski definition) is 2. The SMILES string of the molecule is CCNCCc1c(C)nn(C(C)CC(C)C)c1C. The van der Waals surface area contributed by atoms with E-state index in [1.54, 1.807) is 0 Å². The highest BCUT2D eigenvalue weighted by Gasteiger charge is 2.16. The first-order chi connectivity index (χ1) is 8.47. The normalized spacial score (nSPS) is 13.3. The van der Waals surface area contributed by atoms with Crippen LogP contribution in [0.25, 0.3) is 0 Å². The summed E-state index contributed by atoms with van der Waals surface area (Å²) < 4.78 is 2.22. The molecule has 18 heavy (non-hydrogen) atoms. The van der Waals surface area contributed by atoms with Crippen LogP contribution >= 0.6 is 0 Å². The first-order valence-electron chi connectivity index (χ1n) is 7.22. The van der Waals surface area contributed by atoms with Crippen LogP contribution in [0.2, 0.25) is 0 Å². The predicted octanol–water partition coefficient (Wildman–Crippen LogP) is 3.26. The van der Waals surface area contributed by atoms with E-state index in [9.17, 15) is 0 Å². The van der Waals surface area contributed by atoms with Gasteiger partial charge in [0.15, 0.2) is 0 Å². The lowest BCUT2D eigenvalue weighted by atomic mass is 10.0. The summed E-state index contributed by atoms with van der Waals surface area (Å²) in [6, 6.07) is 0.497. The van der Waals surface area contributed by atoms with E-state index < -0.39 is 0 Å². The third kappa shape index (κ3) is 3.84. The molecule has 0 aromatic carbocycles. The molecule has 0 saturated heterocycles. The Morgan fingerprint density at radius 1 is 1.22 bits per heavy atom. The zero-order valence-corrected chi connectivity index (χ0v) is 12.9. The number of hydrogen-bond donors (Lipinski definition) is 1. The van der Waals surface area contributed by atoms with E-state index in [0.29, 0.717) is 12.0 Å².